The van der Waals surface area contributed by atoms with Crippen LogP contribution in [0.2, 0.25) is 0 Å². The number of amidine groups is 1. The van der Waals surface area contributed by atoms with Gasteiger partial charge in [0.1, 0.15) is 0 Å². The molecule has 0 saturated heterocycles. The fourth-order valence-corrected chi connectivity index (χ4v) is 2.04. The lowest BCUT2D eigenvalue weighted by Gasteiger charge is -2.13. The Morgan fingerprint density at radius 3 is 2.67 bits per heavy atom. The zero-order chi connectivity index (χ0) is 15.6. The van der Waals surface area contributed by atoms with Crippen LogP contribution in [0.4, 0.5) is 4.39 Å². The topological polar surface area (TPSA) is 80.7 Å². The van der Waals surface area contributed by atoms with Gasteiger partial charge in [0.25, 0.3) is 0 Å². The second-order valence-corrected chi connectivity index (χ2v) is 4.74. The fraction of sp³-hybridized carbons (Fsp3) is 0.200. The molecule has 0 spiro atoms. The lowest BCUT2D eigenvalue weighted by atomic mass is 10.1. The number of benzene rings is 1. The molecule has 0 atom stereocenters. The molecule has 2 aromatic rings. The number of halogens is 1. The van der Waals surface area contributed by atoms with Gasteiger partial charge in [-0.15, -0.1) is 0 Å². The zero-order valence-corrected chi connectivity index (χ0v) is 12.0. The van der Waals surface area contributed by atoms with Crippen molar-refractivity contribution in [2.24, 2.45) is 10.9 Å². The number of rotatable bonds is 3. The molecule has 1 aromatic heterocycles. The van der Waals surface area contributed by atoms with E-state index in [1.807, 2.05) is 0 Å². The second-order valence-electron chi connectivity index (χ2n) is 4.74. The minimum absolute atomic E-state index is 0.0412. The molecule has 0 aliphatic heterocycles. The fourth-order valence-electron chi connectivity index (χ4n) is 2.04. The number of ether oxygens (including phenoxy) is 1. The number of oxime groups is 1. The predicted octanol–water partition coefficient (Wildman–Crippen LogP) is 3.03. The van der Waals surface area contributed by atoms with Crippen LogP contribution in [-0.2, 0) is 0 Å². The van der Waals surface area contributed by atoms with Crippen molar-refractivity contribution in [3.05, 3.63) is 52.5 Å². The van der Waals surface area contributed by atoms with Crippen LogP contribution in [0, 0.1) is 26.6 Å². The number of pyridine rings is 1. The normalized spacial score (nSPS) is 11.5. The van der Waals surface area contributed by atoms with Crippen LogP contribution in [0.5, 0.6) is 11.6 Å². The second kappa shape index (κ2) is 5.78. The third-order valence-electron chi connectivity index (χ3n) is 3.04. The smallest absolute Gasteiger partial charge is 0.231 e. The van der Waals surface area contributed by atoms with Crippen molar-refractivity contribution in [2.45, 2.75) is 20.8 Å². The van der Waals surface area contributed by atoms with E-state index in [0.29, 0.717) is 16.8 Å². The summed E-state index contributed by atoms with van der Waals surface area (Å²) in [5.74, 6) is -0.459. The molecular weight excluding hydrogens is 273 g/mol. The Kier molecular flexibility index (Phi) is 4.07. The third kappa shape index (κ3) is 2.94. The summed E-state index contributed by atoms with van der Waals surface area (Å²) in [7, 11) is 0. The van der Waals surface area contributed by atoms with Gasteiger partial charge in [-0.1, -0.05) is 17.3 Å². The number of aryl methyl sites for hydroxylation is 3. The molecule has 3 N–H and O–H groups in total. The van der Waals surface area contributed by atoms with Crippen LogP contribution < -0.4 is 10.5 Å². The standard InChI is InChI=1S/C15H16FN3O2/c1-8-5-4-6-11(13(8)16)21-15-12(14(17)19-20)9(2)7-10(3)18-15/h4-7,20H,1-3H3,(H2,17,19). The molecule has 0 aliphatic carbocycles. The molecule has 1 aromatic carbocycles. The van der Waals surface area contributed by atoms with Gasteiger partial charge in [-0.3, -0.25) is 0 Å². The monoisotopic (exact) mass is 289 g/mol. The van der Waals surface area contributed by atoms with Crippen LogP contribution in [0.1, 0.15) is 22.4 Å². The van der Waals surface area contributed by atoms with Crippen molar-refractivity contribution in [2.75, 3.05) is 0 Å². The minimum atomic E-state index is -0.469. The molecule has 110 valence electrons. The molecule has 21 heavy (non-hydrogen) atoms. The van der Waals surface area contributed by atoms with E-state index in [4.69, 9.17) is 15.7 Å². The lowest BCUT2D eigenvalue weighted by molar-refractivity contribution is 0.318. The summed E-state index contributed by atoms with van der Waals surface area (Å²) < 4.78 is 19.6. The number of hydrogen-bond donors (Lipinski definition) is 2. The molecule has 0 bridgehead atoms. The number of nitrogens with zero attached hydrogens (tertiary/aromatic N) is 2. The number of nitrogens with two attached hydrogens (primary N) is 1. The molecule has 2 rings (SSSR count). The van der Waals surface area contributed by atoms with Gasteiger partial charge < -0.3 is 15.7 Å². The molecule has 0 fully saturated rings. The molecule has 5 nitrogen and oxygen atoms in total. The van der Waals surface area contributed by atoms with Crippen LogP contribution in [0.15, 0.2) is 29.4 Å². The Morgan fingerprint density at radius 2 is 2.00 bits per heavy atom. The summed E-state index contributed by atoms with van der Waals surface area (Å²) in [4.78, 5) is 4.21. The summed E-state index contributed by atoms with van der Waals surface area (Å²) in [5.41, 5.74) is 7.86. The summed E-state index contributed by atoms with van der Waals surface area (Å²) >= 11 is 0. The van der Waals surface area contributed by atoms with Crippen molar-refractivity contribution < 1.29 is 14.3 Å². The summed E-state index contributed by atoms with van der Waals surface area (Å²) in [5, 5.41) is 11.8. The van der Waals surface area contributed by atoms with E-state index < -0.39 is 5.82 Å². The predicted molar refractivity (Wildman–Crippen MR) is 77.4 cm³/mol. The minimum Gasteiger partial charge on any atom is -0.435 e. The Morgan fingerprint density at radius 1 is 1.29 bits per heavy atom. The van der Waals surface area contributed by atoms with Crippen molar-refractivity contribution >= 4 is 5.84 Å². The van der Waals surface area contributed by atoms with E-state index in [1.54, 1.807) is 39.0 Å². The Labute approximate surface area is 121 Å². The molecule has 0 amide bonds. The van der Waals surface area contributed by atoms with E-state index in [-0.39, 0.29) is 17.5 Å². The van der Waals surface area contributed by atoms with Crippen LogP contribution in [0.25, 0.3) is 0 Å². The first kappa shape index (κ1) is 14.8. The summed E-state index contributed by atoms with van der Waals surface area (Å²) in [6.45, 7) is 5.20. The average Bonchev–Trinajstić information content (AvgIpc) is 2.42. The first-order valence-corrected chi connectivity index (χ1v) is 6.33. The van der Waals surface area contributed by atoms with Crippen LogP contribution in [-0.4, -0.2) is 16.0 Å². The molecule has 0 aliphatic rings. The van der Waals surface area contributed by atoms with E-state index in [1.165, 1.54) is 6.07 Å². The van der Waals surface area contributed by atoms with Crippen molar-refractivity contribution in [3.63, 3.8) is 0 Å². The van der Waals surface area contributed by atoms with Crippen molar-refractivity contribution in [1.82, 2.24) is 4.98 Å². The van der Waals surface area contributed by atoms with E-state index in [9.17, 15) is 4.39 Å². The maximum atomic E-state index is 14.0. The lowest BCUT2D eigenvalue weighted by Crippen LogP contribution is -2.17. The Bertz CT molecular complexity index is 714. The van der Waals surface area contributed by atoms with Gasteiger partial charge in [0.2, 0.25) is 5.88 Å². The highest BCUT2D eigenvalue weighted by Gasteiger charge is 2.17. The SMILES string of the molecule is Cc1cc(C)c(/C(N)=N/O)c(Oc2cccc(C)c2F)n1. The first-order valence-electron chi connectivity index (χ1n) is 6.33. The number of aromatic nitrogens is 1. The zero-order valence-electron chi connectivity index (χ0n) is 12.0. The Balaban J connectivity index is 2.56. The molecule has 0 unspecified atom stereocenters. The first-order chi connectivity index (χ1) is 9.93. The summed E-state index contributed by atoms with van der Waals surface area (Å²) in [6, 6.07) is 6.59. The quantitative estimate of drug-likeness (QED) is 0.394. The highest BCUT2D eigenvalue weighted by molar-refractivity contribution is 6.00. The van der Waals surface area contributed by atoms with Gasteiger partial charge in [0, 0.05) is 5.69 Å². The van der Waals surface area contributed by atoms with Gasteiger partial charge in [-0.25, -0.2) is 9.37 Å². The van der Waals surface area contributed by atoms with Gasteiger partial charge in [0.15, 0.2) is 17.4 Å². The maximum Gasteiger partial charge on any atom is 0.231 e. The molecule has 6 heteroatoms. The maximum absolute atomic E-state index is 14.0. The van der Waals surface area contributed by atoms with E-state index >= 15 is 0 Å². The highest BCUT2D eigenvalue weighted by Crippen LogP contribution is 2.29. The molecule has 0 saturated carbocycles. The van der Waals surface area contributed by atoms with Crippen molar-refractivity contribution in [3.8, 4) is 11.6 Å². The highest BCUT2D eigenvalue weighted by atomic mass is 19.1. The van der Waals surface area contributed by atoms with E-state index in [0.717, 1.165) is 5.56 Å². The van der Waals surface area contributed by atoms with Crippen molar-refractivity contribution in [1.29, 1.82) is 0 Å². The molecular formula is C15H16FN3O2. The van der Waals surface area contributed by atoms with Gasteiger partial charge in [0.05, 0.1) is 5.56 Å². The average molecular weight is 289 g/mol. The third-order valence-corrected chi connectivity index (χ3v) is 3.04. The number of hydrogen-bond acceptors (Lipinski definition) is 4. The summed E-state index contributed by atoms with van der Waals surface area (Å²) in [6.07, 6.45) is 0. The van der Waals surface area contributed by atoms with Gasteiger partial charge >= 0.3 is 0 Å². The van der Waals surface area contributed by atoms with Gasteiger partial charge in [-0.05, 0) is 44.0 Å². The van der Waals surface area contributed by atoms with Crippen LogP contribution in [0.3, 0.4) is 0 Å². The molecule has 1 heterocycles. The van der Waals surface area contributed by atoms with Crippen LogP contribution >= 0.6 is 0 Å². The van der Waals surface area contributed by atoms with E-state index in [2.05, 4.69) is 10.1 Å². The van der Waals surface area contributed by atoms with Gasteiger partial charge in [-0.2, -0.15) is 0 Å². The molecule has 0 radical (unpaired) electrons. The largest absolute Gasteiger partial charge is 0.435 e. The Hall–Kier alpha value is -2.63.